The van der Waals surface area contributed by atoms with Gasteiger partial charge in [-0.15, -0.1) is 0 Å². The topological polar surface area (TPSA) is 45.4 Å². The molecule has 0 atom stereocenters. The van der Waals surface area contributed by atoms with Crippen LogP contribution in [0.5, 0.6) is 0 Å². The van der Waals surface area contributed by atoms with Gasteiger partial charge in [0.15, 0.2) is 5.82 Å². The molecule has 1 heterocycles. The number of aromatic nitrogens is 1. The molecule has 0 aliphatic heterocycles. The predicted molar refractivity (Wildman–Crippen MR) is 83.7 cm³/mol. The quantitative estimate of drug-likeness (QED) is 0.783. The number of hydrogen-bond donors (Lipinski definition) is 1. The SMILES string of the molecule is CCN(CC)CCCN(CC)c1nc(C)ccc1N. The summed E-state index contributed by atoms with van der Waals surface area (Å²) in [6.07, 6.45) is 1.14. The van der Waals surface area contributed by atoms with Crippen LogP contribution in [-0.4, -0.2) is 42.6 Å². The van der Waals surface area contributed by atoms with E-state index < -0.39 is 0 Å². The second kappa shape index (κ2) is 8.00. The Kier molecular flexibility index (Phi) is 6.64. The average Bonchev–Trinajstić information content (AvgIpc) is 2.42. The summed E-state index contributed by atoms with van der Waals surface area (Å²) in [5, 5.41) is 0. The van der Waals surface area contributed by atoms with Crippen LogP contribution in [0.25, 0.3) is 0 Å². The van der Waals surface area contributed by atoms with Crippen molar-refractivity contribution < 1.29 is 0 Å². The van der Waals surface area contributed by atoms with Crippen LogP contribution >= 0.6 is 0 Å². The fourth-order valence-electron chi connectivity index (χ4n) is 2.25. The standard InChI is InChI=1S/C15H28N4/c1-5-18(6-2)11-8-12-19(7-3)15-14(16)10-9-13(4)17-15/h9-10H,5-8,11-12,16H2,1-4H3. The molecule has 0 aliphatic carbocycles. The van der Waals surface area contributed by atoms with Crippen molar-refractivity contribution in [2.75, 3.05) is 43.4 Å². The molecule has 1 rings (SSSR count). The van der Waals surface area contributed by atoms with E-state index in [1.807, 2.05) is 19.1 Å². The lowest BCUT2D eigenvalue weighted by atomic mass is 10.3. The van der Waals surface area contributed by atoms with Crippen LogP contribution in [0.15, 0.2) is 12.1 Å². The number of hydrogen-bond acceptors (Lipinski definition) is 4. The highest BCUT2D eigenvalue weighted by molar-refractivity contribution is 5.62. The van der Waals surface area contributed by atoms with Crippen molar-refractivity contribution in [1.82, 2.24) is 9.88 Å². The van der Waals surface area contributed by atoms with Crippen molar-refractivity contribution >= 4 is 11.5 Å². The first-order chi connectivity index (χ1) is 9.12. The highest BCUT2D eigenvalue weighted by Crippen LogP contribution is 2.20. The van der Waals surface area contributed by atoms with Gasteiger partial charge >= 0.3 is 0 Å². The Labute approximate surface area is 117 Å². The van der Waals surface area contributed by atoms with Crippen molar-refractivity contribution in [2.24, 2.45) is 0 Å². The molecule has 4 heteroatoms. The molecule has 19 heavy (non-hydrogen) atoms. The predicted octanol–water partition coefficient (Wildman–Crippen LogP) is 2.53. The summed E-state index contributed by atoms with van der Waals surface area (Å²) in [6, 6.07) is 3.91. The van der Waals surface area contributed by atoms with Gasteiger partial charge in [-0.05, 0) is 52.0 Å². The summed E-state index contributed by atoms with van der Waals surface area (Å²) >= 11 is 0. The molecule has 2 N–H and O–H groups in total. The van der Waals surface area contributed by atoms with E-state index in [-0.39, 0.29) is 0 Å². The zero-order chi connectivity index (χ0) is 14.3. The maximum atomic E-state index is 6.04. The molecule has 0 unspecified atom stereocenters. The Morgan fingerprint density at radius 2 is 1.74 bits per heavy atom. The van der Waals surface area contributed by atoms with Gasteiger partial charge in [0.05, 0.1) is 5.69 Å². The lowest BCUT2D eigenvalue weighted by Crippen LogP contribution is -2.31. The van der Waals surface area contributed by atoms with Crippen LogP contribution in [0.3, 0.4) is 0 Å². The van der Waals surface area contributed by atoms with Crippen LogP contribution in [0.1, 0.15) is 32.9 Å². The number of pyridine rings is 1. The van der Waals surface area contributed by atoms with E-state index >= 15 is 0 Å². The number of nitrogens with two attached hydrogens (primary N) is 1. The normalized spacial score (nSPS) is 11.0. The number of aryl methyl sites for hydroxylation is 1. The minimum absolute atomic E-state index is 0.773. The number of anilines is 2. The van der Waals surface area contributed by atoms with Crippen LogP contribution < -0.4 is 10.6 Å². The van der Waals surface area contributed by atoms with Gasteiger partial charge in [-0.25, -0.2) is 4.98 Å². The second-order valence-corrected chi connectivity index (χ2v) is 4.83. The van der Waals surface area contributed by atoms with Gasteiger partial charge in [-0.2, -0.15) is 0 Å². The van der Waals surface area contributed by atoms with Gasteiger partial charge in [0.1, 0.15) is 0 Å². The van der Waals surface area contributed by atoms with Crippen molar-refractivity contribution in [2.45, 2.75) is 34.1 Å². The summed E-state index contributed by atoms with van der Waals surface area (Å²) in [6.45, 7) is 13.9. The van der Waals surface area contributed by atoms with E-state index in [4.69, 9.17) is 5.73 Å². The molecule has 0 bridgehead atoms. The first kappa shape index (κ1) is 15.8. The van der Waals surface area contributed by atoms with Gasteiger partial charge in [0.2, 0.25) is 0 Å². The Hall–Kier alpha value is -1.29. The van der Waals surface area contributed by atoms with Gasteiger partial charge in [-0.3, -0.25) is 0 Å². The van der Waals surface area contributed by atoms with Crippen molar-refractivity contribution in [3.05, 3.63) is 17.8 Å². The largest absolute Gasteiger partial charge is 0.396 e. The second-order valence-electron chi connectivity index (χ2n) is 4.83. The van der Waals surface area contributed by atoms with Gasteiger partial charge in [0.25, 0.3) is 0 Å². The zero-order valence-electron chi connectivity index (χ0n) is 12.8. The van der Waals surface area contributed by atoms with E-state index in [0.717, 1.165) is 56.3 Å². The Bertz CT molecular complexity index is 374. The summed E-state index contributed by atoms with van der Waals surface area (Å²) in [5.74, 6) is 0.932. The van der Waals surface area contributed by atoms with Gasteiger partial charge in [0, 0.05) is 18.8 Å². The van der Waals surface area contributed by atoms with Crippen LogP contribution in [-0.2, 0) is 0 Å². The molecular weight excluding hydrogens is 236 g/mol. The number of nitrogens with zero attached hydrogens (tertiary/aromatic N) is 3. The minimum atomic E-state index is 0.773. The highest BCUT2D eigenvalue weighted by Gasteiger charge is 2.10. The summed E-state index contributed by atoms with van der Waals surface area (Å²) < 4.78 is 0. The minimum Gasteiger partial charge on any atom is -0.396 e. The van der Waals surface area contributed by atoms with Crippen molar-refractivity contribution in [3.8, 4) is 0 Å². The molecule has 0 aromatic carbocycles. The molecular formula is C15H28N4. The van der Waals surface area contributed by atoms with E-state index in [1.54, 1.807) is 0 Å². The lowest BCUT2D eigenvalue weighted by Gasteiger charge is -2.25. The Balaban J connectivity index is 2.60. The average molecular weight is 264 g/mol. The molecule has 1 aromatic heterocycles. The monoisotopic (exact) mass is 264 g/mol. The summed E-state index contributed by atoms with van der Waals surface area (Å²) in [7, 11) is 0. The van der Waals surface area contributed by atoms with Crippen LogP contribution in [0, 0.1) is 6.92 Å². The van der Waals surface area contributed by atoms with Crippen LogP contribution in [0.4, 0.5) is 11.5 Å². The highest BCUT2D eigenvalue weighted by atomic mass is 15.2. The van der Waals surface area contributed by atoms with E-state index in [9.17, 15) is 0 Å². The van der Waals surface area contributed by atoms with Gasteiger partial charge < -0.3 is 15.5 Å². The molecule has 108 valence electrons. The van der Waals surface area contributed by atoms with Crippen molar-refractivity contribution in [1.29, 1.82) is 0 Å². The van der Waals surface area contributed by atoms with Crippen molar-refractivity contribution in [3.63, 3.8) is 0 Å². The smallest absolute Gasteiger partial charge is 0.152 e. The maximum Gasteiger partial charge on any atom is 0.152 e. The third kappa shape index (κ3) is 4.71. The Morgan fingerprint density at radius 1 is 1.05 bits per heavy atom. The first-order valence-electron chi connectivity index (χ1n) is 7.32. The lowest BCUT2D eigenvalue weighted by molar-refractivity contribution is 0.300. The molecule has 0 saturated carbocycles. The van der Waals surface area contributed by atoms with Crippen LogP contribution in [0.2, 0.25) is 0 Å². The molecule has 0 spiro atoms. The molecule has 0 radical (unpaired) electrons. The summed E-state index contributed by atoms with van der Waals surface area (Å²) in [5.41, 5.74) is 7.83. The summed E-state index contributed by atoms with van der Waals surface area (Å²) in [4.78, 5) is 9.28. The molecule has 1 aromatic rings. The third-order valence-electron chi connectivity index (χ3n) is 3.52. The third-order valence-corrected chi connectivity index (χ3v) is 3.52. The number of nitrogen functional groups attached to an aromatic ring is 1. The fraction of sp³-hybridized carbons (Fsp3) is 0.667. The fourth-order valence-corrected chi connectivity index (χ4v) is 2.25. The zero-order valence-corrected chi connectivity index (χ0v) is 12.8. The van der Waals surface area contributed by atoms with E-state index in [1.165, 1.54) is 0 Å². The molecule has 0 aliphatic rings. The molecule has 0 amide bonds. The Morgan fingerprint density at radius 3 is 2.32 bits per heavy atom. The van der Waals surface area contributed by atoms with Gasteiger partial charge in [-0.1, -0.05) is 13.8 Å². The maximum absolute atomic E-state index is 6.04. The first-order valence-corrected chi connectivity index (χ1v) is 7.32. The molecule has 0 fully saturated rings. The molecule has 4 nitrogen and oxygen atoms in total. The molecule has 0 saturated heterocycles. The van der Waals surface area contributed by atoms with E-state index in [0.29, 0.717) is 0 Å². The number of rotatable bonds is 8. The van der Waals surface area contributed by atoms with E-state index in [2.05, 4.69) is 35.6 Å².